The van der Waals surface area contributed by atoms with E-state index in [1.165, 1.54) is 12.1 Å². The molecule has 22 heavy (non-hydrogen) atoms. The van der Waals surface area contributed by atoms with Crippen molar-refractivity contribution in [2.45, 2.75) is 6.92 Å². The van der Waals surface area contributed by atoms with Gasteiger partial charge < -0.3 is 20.0 Å². The van der Waals surface area contributed by atoms with Gasteiger partial charge in [0.15, 0.2) is 5.56 Å². The van der Waals surface area contributed by atoms with Gasteiger partial charge in [-0.15, -0.1) is 0 Å². The van der Waals surface area contributed by atoms with Gasteiger partial charge in [-0.1, -0.05) is 17.7 Å². The second-order valence-corrected chi connectivity index (χ2v) is 4.25. The Morgan fingerprint density at radius 2 is 1.73 bits per heavy atom. The van der Waals surface area contributed by atoms with Crippen molar-refractivity contribution >= 4 is 11.9 Å². The molecule has 0 spiro atoms. The van der Waals surface area contributed by atoms with Gasteiger partial charge in [-0.25, -0.2) is 14.2 Å². The second kappa shape index (κ2) is 6.73. The number of carbonyl (C=O) groups excluding carboxylic acids is 1. The molecule has 0 aliphatic carbocycles. The monoisotopic (exact) mass is 312 g/mol. The number of aromatic amines is 1. The zero-order valence-corrected chi connectivity index (χ0v) is 13.7. The number of hydrogen-bond acceptors (Lipinski definition) is 5. The predicted molar refractivity (Wildman–Crippen MR) is 68.7 cm³/mol. The van der Waals surface area contributed by atoms with Crippen molar-refractivity contribution in [3.05, 3.63) is 61.9 Å². The average Bonchev–Trinajstić information content (AvgIpc) is 2.39. The van der Waals surface area contributed by atoms with Gasteiger partial charge in [0.1, 0.15) is 0 Å². The number of rotatable bonds is 3. The van der Waals surface area contributed by atoms with Gasteiger partial charge in [0.05, 0.1) is 17.4 Å². The average molecular weight is 312 g/mol. The summed E-state index contributed by atoms with van der Waals surface area (Å²) in [7, 11) is 0. The number of aryl methyl sites for hydroxylation is 1. The van der Waals surface area contributed by atoms with Crippen LogP contribution in [0.2, 0.25) is 0 Å². The molecule has 0 fully saturated rings. The van der Waals surface area contributed by atoms with Crippen molar-refractivity contribution in [2.75, 3.05) is 0 Å². The van der Waals surface area contributed by atoms with Gasteiger partial charge in [-0.2, -0.15) is 0 Å². The fraction of sp³-hybridized carbons (Fsp3) is 0.0769. The van der Waals surface area contributed by atoms with E-state index in [0.717, 1.165) is 5.56 Å². The van der Waals surface area contributed by atoms with Gasteiger partial charge in [0.25, 0.3) is 5.56 Å². The standard InChI is InChI=1S/C13H10N2O6.Na/c1-6-2-4-7(5-3-6)15-10(16)8(11(17)18)9(12(19)20)14-13(15)21;/h2-5H,1H3,(H,14,21)(H,17,18)(H,19,20);/q;+1/p-1. The Bertz CT molecular complexity index is 850. The van der Waals surface area contributed by atoms with E-state index in [-0.39, 0.29) is 35.2 Å². The quantitative estimate of drug-likeness (QED) is 0.554. The third kappa shape index (κ3) is 3.19. The molecule has 1 aromatic heterocycles. The maximum Gasteiger partial charge on any atom is 1.00 e. The van der Waals surface area contributed by atoms with E-state index in [1.54, 1.807) is 19.1 Å². The van der Waals surface area contributed by atoms with Crippen LogP contribution in [0.25, 0.3) is 5.69 Å². The Kier molecular flexibility index (Phi) is 5.48. The first-order valence-electron chi connectivity index (χ1n) is 5.74. The molecule has 1 aromatic carbocycles. The number of nitrogens with zero attached hydrogens (tertiary/aromatic N) is 1. The first-order chi connectivity index (χ1) is 9.82. The zero-order chi connectivity index (χ0) is 15.7. The molecule has 0 saturated heterocycles. The SMILES string of the molecule is Cc1ccc(-n2c(=O)[nH]c(C(=O)[O-])c(C(=O)O)c2=O)cc1.[Na+]. The van der Waals surface area contributed by atoms with E-state index in [4.69, 9.17) is 5.11 Å². The summed E-state index contributed by atoms with van der Waals surface area (Å²) in [6.07, 6.45) is 0. The molecule has 2 rings (SSSR count). The molecular weight excluding hydrogens is 303 g/mol. The number of hydrogen-bond donors (Lipinski definition) is 2. The van der Waals surface area contributed by atoms with Gasteiger partial charge in [-0.05, 0) is 19.1 Å². The Morgan fingerprint density at radius 1 is 1.18 bits per heavy atom. The van der Waals surface area contributed by atoms with Gasteiger partial charge in [-0.3, -0.25) is 4.79 Å². The molecule has 0 saturated carbocycles. The third-order valence-corrected chi connectivity index (χ3v) is 2.81. The van der Waals surface area contributed by atoms with Crippen molar-refractivity contribution in [1.29, 1.82) is 0 Å². The van der Waals surface area contributed by atoms with Crippen molar-refractivity contribution in [3.63, 3.8) is 0 Å². The number of carboxylic acid groups (broad SMARTS) is 2. The number of carbonyl (C=O) groups is 2. The summed E-state index contributed by atoms with van der Waals surface area (Å²) in [5, 5.41) is 19.8. The third-order valence-electron chi connectivity index (χ3n) is 2.81. The smallest absolute Gasteiger partial charge is 0.543 e. The molecule has 0 aliphatic rings. The molecule has 1 heterocycles. The zero-order valence-electron chi connectivity index (χ0n) is 11.7. The topological polar surface area (TPSA) is 132 Å². The van der Waals surface area contributed by atoms with E-state index in [2.05, 4.69) is 0 Å². The molecule has 108 valence electrons. The van der Waals surface area contributed by atoms with Crippen LogP contribution in [0.3, 0.4) is 0 Å². The van der Waals surface area contributed by atoms with Crippen LogP contribution in [0, 0.1) is 6.92 Å². The summed E-state index contributed by atoms with van der Waals surface area (Å²) < 4.78 is 0.551. The Hall–Kier alpha value is -2.16. The molecule has 0 aliphatic heterocycles. The molecule has 0 unspecified atom stereocenters. The van der Waals surface area contributed by atoms with E-state index in [0.29, 0.717) is 4.57 Å². The molecular formula is C13H9N2NaO6. The molecule has 2 aromatic rings. The van der Waals surface area contributed by atoms with Crippen LogP contribution in [0.5, 0.6) is 0 Å². The van der Waals surface area contributed by atoms with Crippen LogP contribution in [0.15, 0.2) is 33.9 Å². The number of carboxylic acids is 2. The molecule has 0 bridgehead atoms. The van der Waals surface area contributed by atoms with Crippen LogP contribution in [-0.4, -0.2) is 26.6 Å². The number of aromatic carboxylic acids is 2. The van der Waals surface area contributed by atoms with Crippen LogP contribution in [0.1, 0.15) is 26.4 Å². The van der Waals surface area contributed by atoms with Crippen molar-refractivity contribution in [1.82, 2.24) is 9.55 Å². The van der Waals surface area contributed by atoms with E-state index in [9.17, 15) is 24.3 Å². The summed E-state index contributed by atoms with van der Waals surface area (Å²) in [5.41, 5.74) is -3.43. The van der Waals surface area contributed by atoms with Crippen molar-refractivity contribution in [2.24, 2.45) is 0 Å². The first-order valence-corrected chi connectivity index (χ1v) is 5.74. The molecule has 0 amide bonds. The van der Waals surface area contributed by atoms with Crippen LogP contribution in [0.4, 0.5) is 0 Å². The summed E-state index contributed by atoms with van der Waals surface area (Å²) in [5.74, 6) is -3.71. The first kappa shape index (κ1) is 17.9. The normalized spacial score (nSPS) is 9.86. The van der Waals surface area contributed by atoms with E-state index < -0.39 is 34.4 Å². The van der Waals surface area contributed by atoms with Gasteiger partial charge in [0.2, 0.25) is 0 Å². The van der Waals surface area contributed by atoms with E-state index >= 15 is 0 Å². The number of benzene rings is 1. The minimum Gasteiger partial charge on any atom is -0.543 e. The fourth-order valence-electron chi connectivity index (χ4n) is 1.82. The summed E-state index contributed by atoms with van der Waals surface area (Å²) in [4.78, 5) is 47.7. The fourth-order valence-corrected chi connectivity index (χ4v) is 1.82. The maximum absolute atomic E-state index is 12.1. The Labute approximate surface area is 145 Å². The largest absolute Gasteiger partial charge is 1.00 e. The predicted octanol–water partition coefficient (Wildman–Crippen LogP) is -4.10. The van der Waals surface area contributed by atoms with Gasteiger partial charge >= 0.3 is 41.2 Å². The van der Waals surface area contributed by atoms with Crippen LogP contribution in [-0.2, 0) is 0 Å². The number of H-pyrrole nitrogens is 1. The molecule has 0 atom stereocenters. The summed E-state index contributed by atoms with van der Waals surface area (Å²) in [6.45, 7) is 1.79. The second-order valence-electron chi connectivity index (χ2n) is 4.25. The molecule has 2 N–H and O–H groups in total. The van der Waals surface area contributed by atoms with Crippen LogP contribution >= 0.6 is 0 Å². The van der Waals surface area contributed by atoms with Gasteiger partial charge in [0, 0.05) is 0 Å². The minimum atomic E-state index is -1.95. The molecule has 8 nitrogen and oxygen atoms in total. The number of nitrogens with one attached hydrogen (secondary N) is 1. The minimum absolute atomic E-state index is 0. The molecule has 0 radical (unpaired) electrons. The van der Waals surface area contributed by atoms with Crippen molar-refractivity contribution < 1.29 is 49.4 Å². The Balaban J connectivity index is 0.00000242. The Morgan fingerprint density at radius 3 is 2.18 bits per heavy atom. The maximum atomic E-state index is 12.1. The number of aromatic nitrogens is 2. The molecule has 9 heteroatoms. The van der Waals surface area contributed by atoms with Crippen molar-refractivity contribution in [3.8, 4) is 5.69 Å². The summed E-state index contributed by atoms with van der Waals surface area (Å²) >= 11 is 0. The van der Waals surface area contributed by atoms with Crippen LogP contribution < -0.4 is 45.9 Å². The van der Waals surface area contributed by atoms with E-state index in [1.807, 2.05) is 4.98 Å². The summed E-state index contributed by atoms with van der Waals surface area (Å²) in [6, 6.07) is 6.12.